The number of benzene rings is 3. The average molecular weight is 450 g/mol. The van der Waals surface area contributed by atoms with E-state index in [-0.39, 0.29) is 11.9 Å². The quantitative estimate of drug-likeness (QED) is 0.450. The molecule has 0 atom stereocenters. The second-order valence-electron chi connectivity index (χ2n) is 8.02. The summed E-state index contributed by atoms with van der Waals surface area (Å²) in [5, 5.41) is 0.353. The summed E-state index contributed by atoms with van der Waals surface area (Å²) in [6.07, 6.45) is 0. The molecule has 0 unspecified atom stereocenters. The van der Waals surface area contributed by atoms with E-state index in [9.17, 15) is 9.59 Å². The first kappa shape index (κ1) is 21.9. The smallest absolute Gasteiger partial charge is 0.339 e. The summed E-state index contributed by atoms with van der Waals surface area (Å²) >= 11 is 6.14. The third-order valence-corrected chi connectivity index (χ3v) is 5.90. The van der Waals surface area contributed by atoms with Crippen LogP contribution in [0.5, 0.6) is 5.75 Å². The van der Waals surface area contributed by atoms with Gasteiger partial charge in [0.05, 0.1) is 17.7 Å². The van der Waals surface area contributed by atoms with E-state index in [1.165, 1.54) is 7.11 Å². The third kappa shape index (κ3) is 4.34. The molecule has 1 aliphatic heterocycles. The van der Waals surface area contributed by atoms with E-state index < -0.39 is 5.97 Å². The molecule has 0 spiro atoms. The molecular formula is C26H24ClNO4. The molecule has 6 heteroatoms. The molecule has 3 aromatic carbocycles. The van der Waals surface area contributed by atoms with Crippen LogP contribution >= 0.6 is 11.6 Å². The van der Waals surface area contributed by atoms with Crippen molar-refractivity contribution >= 4 is 23.5 Å². The number of carbonyl (C=O) groups is 2. The number of hydrogen-bond donors (Lipinski definition) is 0. The van der Waals surface area contributed by atoms with E-state index in [2.05, 4.69) is 0 Å². The van der Waals surface area contributed by atoms with Crippen molar-refractivity contribution in [2.75, 3.05) is 7.11 Å². The number of halogens is 1. The van der Waals surface area contributed by atoms with E-state index in [1.807, 2.05) is 67.3 Å². The highest BCUT2D eigenvalue weighted by Gasteiger charge is 2.29. The lowest BCUT2D eigenvalue weighted by Gasteiger charge is -2.19. The summed E-state index contributed by atoms with van der Waals surface area (Å²) in [5.41, 5.74) is 4.86. The number of rotatable bonds is 6. The van der Waals surface area contributed by atoms with Gasteiger partial charge in [-0.15, -0.1) is 0 Å². The number of amides is 1. The van der Waals surface area contributed by atoms with Crippen LogP contribution in [0.2, 0.25) is 5.02 Å². The summed E-state index contributed by atoms with van der Waals surface area (Å²) in [4.78, 5) is 26.3. The van der Waals surface area contributed by atoms with E-state index >= 15 is 0 Å². The molecule has 0 fully saturated rings. The van der Waals surface area contributed by atoms with Gasteiger partial charge < -0.3 is 14.4 Å². The van der Waals surface area contributed by atoms with Crippen molar-refractivity contribution in [2.45, 2.75) is 33.0 Å². The molecule has 0 bridgehead atoms. The number of ether oxygens (including phenoxy) is 2. The van der Waals surface area contributed by atoms with Gasteiger partial charge in [-0.2, -0.15) is 0 Å². The van der Waals surface area contributed by atoms with Gasteiger partial charge in [0.15, 0.2) is 0 Å². The largest absolute Gasteiger partial charge is 0.489 e. The van der Waals surface area contributed by atoms with Crippen LogP contribution in [-0.2, 0) is 17.9 Å². The molecule has 0 aliphatic carbocycles. The topological polar surface area (TPSA) is 55.8 Å². The minimum atomic E-state index is -0.470. The maximum Gasteiger partial charge on any atom is 0.339 e. The van der Waals surface area contributed by atoms with Crippen LogP contribution in [0.4, 0.5) is 0 Å². The average Bonchev–Trinajstić information content (AvgIpc) is 3.14. The zero-order valence-electron chi connectivity index (χ0n) is 18.2. The van der Waals surface area contributed by atoms with Crippen LogP contribution in [0.15, 0.2) is 60.7 Å². The normalized spacial score (nSPS) is 12.8. The standard InChI is InChI=1S/C26H24ClNO4/c1-16(2)28-14-20-12-21(8-9-22(20)25(28)29)32-15-17-5-4-6-18(11-17)19-7-10-24(27)23(13-19)26(30)31-3/h4-13,16H,14-15H2,1-3H3. The number of esters is 1. The van der Waals surface area contributed by atoms with Gasteiger partial charge in [-0.25, -0.2) is 4.79 Å². The Hall–Kier alpha value is -3.31. The van der Waals surface area contributed by atoms with Gasteiger partial charge in [-0.3, -0.25) is 4.79 Å². The van der Waals surface area contributed by atoms with Gasteiger partial charge >= 0.3 is 5.97 Å². The Morgan fingerprint density at radius 3 is 2.59 bits per heavy atom. The molecule has 1 heterocycles. The first-order chi connectivity index (χ1) is 15.4. The summed E-state index contributed by atoms with van der Waals surface area (Å²) in [7, 11) is 1.33. The number of hydrogen-bond acceptors (Lipinski definition) is 4. The Labute approximate surface area is 192 Å². The highest BCUT2D eigenvalue weighted by atomic mass is 35.5. The maximum atomic E-state index is 12.5. The predicted molar refractivity (Wildman–Crippen MR) is 124 cm³/mol. The van der Waals surface area contributed by atoms with Crippen LogP contribution in [0, 0.1) is 0 Å². The fraction of sp³-hybridized carbons (Fsp3) is 0.231. The van der Waals surface area contributed by atoms with Gasteiger partial charge in [0.2, 0.25) is 0 Å². The lowest BCUT2D eigenvalue weighted by atomic mass is 10.0. The Kier molecular flexibility index (Phi) is 6.19. The van der Waals surface area contributed by atoms with Crippen molar-refractivity contribution in [1.29, 1.82) is 0 Å². The van der Waals surface area contributed by atoms with Crippen molar-refractivity contribution in [3.63, 3.8) is 0 Å². The molecule has 3 aromatic rings. The van der Waals surface area contributed by atoms with Crippen LogP contribution < -0.4 is 4.74 Å². The lowest BCUT2D eigenvalue weighted by molar-refractivity contribution is 0.0600. The molecule has 0 saturated carbocycles. The Bertz CT molecular complexity index is 1190. The lowest BCUT2D eigenvalue weighted by Crippen LogP contribution is -2.30. The summed E-state index contributed by atoms with van der Waals surface area (Å²) in [6.45, 7) is 5.02. The molecular weight excluding hydrogens is 426 g/mol. The van der Waals surface area contributed by atoms with Crippen molar-refractivity contribution in [3.8, 4) is 16.9 Å². The summed E-state index contributed by atoms with van der Waals surface area (Å²) < 4.78 is 10.8. The van der Waals surface area contributed by atoms with E-state index in [0.717, 1.165) is 33.6 Å². The van der Waals surface area contributed by atoms with Gasteiger partial charge in [-0.05, 0) is 72.5 Å². The van der Waals surface area contributed by atoms with Crippen LogP contribution in [0.1, 0.15) is 45.7 Å². The zero-order chi connectivity index (χ0) is 22.8. The molecule has 0 radical (unpaired) electrons. The molecule has 0 aromatic heterocycles. The van der Waals surface area contributed by atoms with Gasteiger partial charge in [0.1, 0.15) is 12.4 Å². The minimum absolute atomic E-state index is 0.0727. The fourth-order valence-corrected chi connectivity index (χ4v) is 4.00. The monoisotopic (exact) mass is 449 g/mol. The molecule has 4 rings (SSSR count). The number of nitrogens with zero attached hydrogens (tertiary/aromatic N) is 1. The van der Waals surface area contributed by atoms with E-state index in [0.29, 0.717) is 23.7 Å². The zero-order valence-corrected chi connectivity index (χ0v) is 19.0. The molecule has 0 saturated heterocycles. The molecule has 32 heavy (non-hydrogen) atoms. The summed E-state index contributed by atoms with van der Waals surface area (Å²) in [6, 6.07) is 19.0. The van der Waals surface area contributed by atoms with Crippen molar-refractivity contribution in [2.24, 2.45) is 0 Å². The van der Waals surface area contributed by atoms with Gasteiger partial charge in [0.25, 0.3) is 5.91 Å². The predicted octanol–water partition coefficient (Wildman–Crippen LogP) is 5.74. The third-order valence-electron chi connectivity index (χ3n) is 5.57. The second-order valence-corrected chi connectivity index (χ2v) is 8.43. The number of methoxy groups -OCH3 is 1. The van der Waals surface area contributed by atoms with Crippen molar-refractivity contribution < 1.29 is 19.1 Å². The minimum Gasteiger partial charge on any atom is -0.489 e. The Morgan fingerprint density at radius 1 is 1.06 bits per heavy atom. The first-order valence-corrected chi connectivity index (χ1v) is 10.8. The molecule has 0 N–H and O–H groups in total. The van der Waals surface area contributed by atoms with Gasteiger partial charge in [0, 0.05) is 18.2 Å². The highest BCUT2D eigenvalue weighted by molar-refractivity contribution is 6.33. The van der Waals surface area contributed by atoms with Gasteiger partial charge in [-0.1, -0.05) is 35.9 Å². The molecule has 5 nitrogen and oxygen atoms in total. The fourth-order valence-electron chi connectivity index (χ4n) is 3.81. The number of carbonyl (C=O) groups excluding carboxylic acids is 2. The Balaban J connectivity index is 1.50. The van der Waals surface area contributed by atoms with Crippen LogP contribution in [0.3, 0.4) is 0 Å². The SMILES string of the molecule is COC(=O)c1cc(-c2cccc(COc3ccc4c(c3)CN(C(C)C)C4=O)c2)ccc1Cl. The number of fused-ring (bicyclic) bond motifs is 1. The van der Waals surface area contributed by atoms with Crippen LogP contribution in [-0.4, -0.2) is 29.9 Å². The highest BCUT2D eigenvalue weighted by Crippen LogP contribution is 2.29. The van der Waals surface area contributed by atoms with Crippen molar-refractivity contribution in [3.05, 3.63) is 87.9 Å². The first-order valence-electron chi connectivity index (χ1n) is 10.4. The second kappa shape index (κ2) is 9.05. The summed E-state index contributed by atoms with van der Waals surface area (Å²) in [5.74, 6) is 0.332. The molecule has 164 valence electrons. The van der Waals surface area contributed by atoms with Crippen LogP contribution in [0.25, 0.3) is 11.1 Å². The van der Waals surface area contributed by atoms with E-state index in [4.69, 9.17) is 21.1 Å². The molecule has 1 amide bonds. The maximum absolute atomic E-state index is 12.5. The molecule has 1 aliphatic rings. The van der Waals surface area contributed by atoms with E-state index in [1.54, 1.807) is 12.1 Å². The van der Waals surface area contributed by atoms with Crippen molar-refractivity contribution in [1.82, 2.24) is 4.90 Å². The Morgan fingerprint density at radius 2 is 1.84 bits per heavy atom.